The maximum atomic E-state index is 12.3. The van der Waals surface area contributed by atoms with Crippen LogP contribution in [0.4, 0.5) is 11.4 Å². The van der Waals surface area contributed by atoms with Crippen molar-refractivity contribution in [1.29, 1.82) is 0 Å². The molecule has 0 heterocycles. The van der Waals surface area contributed by atoms with E-state index in [9.17, 15) is 9.59 Å². The highest BCUT2D eigenvalue weighted by Gasteiger charge is 2.10. The number of carbonyl (C=O) groups excluding carboxylic acids is 2. The zero-order chi connectivity index (χ0) is 21.2. The molecule has 0 bridgehead atoms. The fourth-order valence-electron chi connectivity index (χ4n) is 2.49. The van der Waals surface area contributed by atoms with E-state index in [1.165, 1.54) is 0 Å². The molecule has 6 nitrogen and oxygen atoms in total. The molecule has 2 rings (SSSR count). The average Bonchev–Trinajstić information content (AvgIpc) is 2.71. The van der Waals surface area contributed by atoms with Crippen LogP contribution in [0.3, 0.4) is 0 Å². The van der Waals surface area contributed by atoms with E-state index in [1.807, 2.05) is 38.1 Å². The van der Waals surface area contributed by atoms with Gasteiger partial charge in [0.25, 0.3) is 5.91 Å². The van der Waals surface area contributed by atoms with E-state index in [-0.39, 0.29) is 24.4 Å². The van der Waals surface area contributed by atoms with Gasteiger partial charge in [0.05, 0.1) is 13.2 Å². The number of ether oxygens (including phenoxy) is 1. The topological polar surface area (TPSA) is 79.5 Å². The molecule has 0 aliphatic rings. The van der Waals surface area contributed by atoms with Crippen LogP contribution in [0.25, 0.3) is 0 Å². The summed E-state index contributed by atoms with van der Waals surface area (Å²) in [6, 6.07) is 14.6. The number of anilines is 2. The average molecular weight is 398 g/mol. The molecular weight excluding hydrogens is 366 g/mol. The number of rotatable bonds is 10. The minimum atomic E-state index is -0.196. The molecule has 0 aliphatic heterocycles. The summed E-state index contributed by atoms with van der Waals surface area (Å²) in [7, 11) is 0. The Morgan fingerprint density at radius 1 is 1.00 bits per heavy atom. The third kappa shape index (κ3) is 7.86. The third-order valence-electron chi connectivity index (χ3n) is 4.27. The Bertz CT molecular complexity index is 821. The Kier molecular flexibility index (Phi) is 8.52. The lowest BCUT2D eigenvalue weighted by molar-refractivity contribution is -0.114. The lowest BCUT2D eigenvalue weighted by Crippen LogP contribution is -2.32. The van der Waals surface area contributed by atoms with E-state index in [4.69, 9.17) is 4.74 Å². The first-order valence-corrected chi connectivity index (χ1v) is 10.0. The van der Waals surface area contributed by atoms with Gasteiger partial charge in [0.15, 0.2) is 0 Å². The molecule has 0 aromatic heterocycles. The number of nitrogens with one attached hydrogen (secondary N) is 3. The highest BCUT2D eigenvalue weighted by Crippen LogP contribution is 2.18. The molecule has 2 aromatic rings. The highest BCUT2D eigenvalue weighted by molar-refractivity contribution is 5.98. The number of benzene rings is 2. The van der Waals surface area contributed by atoms with Crippen LogP contribution in [0.2, 0.25) is 0 Å². The van der Waals surface area contributed by atoms with Crippen LogP contribution >= 0.6 is 0 Å². The molecule has 0 aliphatic carbocycles. The summed E-state index contributed by atoms with van der Waals surface area (Å²) in [5, 5.41) is 8.83. The minimum Gasteiger partial charge on any atom is -0.493 e. The van der Waals surface area contributed by atoms with Crippen LogP contribution in [-0.4, -0.2) is 31.0 Å². The van der Waals surface area contributed by atoms with Gasteiger partial charge in [-0.3, -0.25) is 9.59 Å². The number of hydrogen-bond acceptors (Lipinski definition) is 4. The zero-order valence-corrected chi connectivity index (χ0v) is 17.6. The molecule has 2 amide bonds. The van der Waals surface area contributed by atoms with Gasteiger partial charge in [-0.2, -0.15) is 0 Å². The maximum Gasteiger partial charge on any atom is 0.251 e. The molecule has 2 aromatic carbocycles. The van der Waals surface area contributed by atoms with E-state index in [2.05, 4.69) is 29.8 Å². The molecule has 0 spiro atoms. The second-order valence-corrected chi connectivity index (χ2v) is 7.50. The predicted molar refractivity (Wildman–Crippen MR) is 118 cm³/mol. The van der Waals surface area contributed by atoms with Crippen LogP contribution in [0.5, 0.6) is 5.75 Å². The number of carbonyl (C=O) groups is 2. The van der Waals surface area contributed by atoms with Gasteiger partial charge in [-0.1, -0.05) is 32.9 Å². The predicted octanol–water partition coefficient (Wildman–Crippen LogP) is 4.30. The summed E-state index contributed by atoms with van der Waals surface area (Å²) in [6.07, 6.45) is 0.859. The van der Waals surface area contributed by atoms with Crippen molar-refractivity contribution in [3.8, 4) is 5.75 Å². The quantitative estimate of drug-likeness (QED) is 0.558. The van der Waals surface area contributed by atoms with Gasteiger partial charge >= 0.3 is 0 Å². The van der Waals surface area contributed by atoms with Crippen LogP contribution in [0, 0.1) is 5.92 Å². The smallest absolute Gasteiger partial charge is 0.251 e. The summed E-state index contributed by atoms with van der Waals surface area (Å²) in [4.78, 5) is 24.5. The van der Waals surface area contributed by atoms with Gasteiger partial charge in [-0.05, 0) is 49.6 Å². The lowest BCUT2D eigenvalue weighted by atomic mass is 10.1. The normalized spacial score (nSPS) is 11.6. The van der Waals surface area contributed by atoms with Crippen molar-refractivity contribution < 1.29 is 14.3 Å². The summed E-state index contributed by atoms with van der Waals surface area (Å²) >= 11 is 0. The van der Waals surface area contributed by atoms with Gasteiger partial charge in [-0.25, -0.2) is 0 Å². The van der Waals surface area contributed by atoms with Crippen LogP contribution in [0.1, 0.15) is 44.5 Å². The SMILES string of the molecule is CCC(C)NC(=O)c1cccc(NC(=O)CNc2cccc(OCC(C)C)c2)c1. The van der Waals surface area contributed by atoms with Gasteiger partial charge in [0.2, 0.25) is 5.91 Å². The largest absolute Gasteiger partial charge is 0.493 e. The monoisotopic (exact) mass is 397 g/mol. The first-order valence-electron chi connectivity index (χ1n) is 10.0. The van der Waals surface area contributed by atoms with Crippen molar-refractivity contribution in [3.63, 3.8) is 0 Å². The maximum absolute atomic E-state index is 12.3. The van der Waals surface area contributed by atoms with Crippen LogP contribution in [-0.2, 0) is 4.79 Å². The van der Waals surface area contributed by atoms with Crippen molar-refractivity contribution in [1.82, 2.24) is 5.32 Å². The first-order chi connectivity index (χ1) is 13.9. The molecule has 3 N–H and O–H groups in total. The summed E-state index contributed by atoms with van der Waals surface area (Å²) in [6.45, 7) is 8.91. The second-order valence-electron chi connectivity index (χ2n) is 7.50. The second kappa shape index (κ2) is 11.1. The van der Waals surface area contributed by atoms with Gasteiger partial charge in [0.1, 0.15) is 5.75 Å². The molecule has 0 saturated heterocycles. The van der Waals surface area contributed by atoms with E-state index in [0.29, 0.717) is 23.8 Å². The minimum absolute atomic E-state index is 0.102. The van der Waals surface area contributed by atoms with Crippen LogP contribution in [0.15, 0.2) is 48.5 Å². The Morgan fingerprint density at radius 2 is 1.72 bits per heavy atom. The van der Waals surface area contributed by atoms with Crippen molar-refractivity contribution in [3.05, 3.63) is 54.1 Å². The number of hydrogen-bond donors (Lipinski definition) is 3. The molecular formula is C23H31N3O3. The van der Waals surface area contributed by atoms with E-state index < -0.39 is 0 Å². The summed E-state index contributed by atoms with van der Waals surface area (Å²) < 4.78 is 5.70. The Balaban J connectivity index is 1.89. The Hall–Kier alpha value is -3.02. The first kappa shape index (κ1) is 22.3. The molecule has 0 saturated carbocycles. The van der Waals surface area contributed by atoms with E-state index in [1.54, 1.807) is 24.3 Å². The van der Waals surface area contributed by atoms with E-state index >= 15 is 0 Å². The van der Waals surface area contributed by atoms with Crippen molar-refractivity contribution in [2.75, 3.05) is 23.8 Å². The third-order valence-corrected chi connectivity index (χ3v) is 4.27. The van der Waals surface area contributed by atoms with Crippen molar-refractivity contribution in [2.24, 2.45) is 5.92 Å². The molecule has 0 radical (unpaired) electrons. The van der Waals surface area contributed by atoms with Crippen LogP contribution < -0.4 is 20.7 Å². The van der Waals surface area contributed by atoms with Gasteiger partial charge < -0.3 is 20.7 Å². The summed E-state index contributed by atoms with van der Waals surface area (Å²) in [5.74, 6) is 0.870. The Labute approximate surface area is 173 Å². The molecule has 1 unspecified atom stereocenters. The number of amides is 2. The van der Waals surface area contributed by atoms with Crippen molar-refractivity contribution in [2.45, 2.75) is 40.2 Å². The van der Waals surface area contributed by atoms with Gasteiger partial charge in [-0.15, -0.1) is 0 Å². The molecule has 0 fully saturated rings. The molecule has 6 heteroatoms. The standard InChI is InChI=1S/C23H31N3O3/c1-5-17(4)25-23(28)18-8-6-10-20(12-18)26-22(27)14-24-19-9-7-11-21(13-19)29-15-16(2)3/h6-13,16-17,24H,5,14-15H2,1-4H3,(H,25,28)(H,26,27). The fraction of sp³-hybridized carbons (Fsp3) is 0.391. The fourth-order valence-corrected chi connectivity index (χ4v) is 2.49. The highest BCUT2D eigenvalue weighted by atomic mass is 16.5. The Morgan fingerprint density at radius 3 is 2.45 bits per heavy atom. The van der Waals surface area contributed by atoms with E-state index in [0.717, 1.165) is 17.9 Å². The molecule has 1 atom stereocenters. The molecule has 156 valence electrons. The zero-order valence-electron chi connectivity index (χ0n) is 17.6. The van der Waals surface area contributed by atoms with Crippen molar-refractivity contribution >= 4 is 23.2 Å². The molecule has 29 heavy (non-hydrogen) atoms. The lowest BCUT2D eigenvalue weighted by Gasteiger charge is -2.13. The summed E-state index contributed by atoms with van der Waals surface area (Å²) in [5.41, 5.74) is 1.91. The van der Waals surface area contributed by atoms with Gasteiger partial charge in [0, 0.05) is 29.0 Å².